The van der Waals surface area contributed by atoms with E-state index in [2.05, 4.69) is 28.1 Å². The number of nitrogens with one attached hydrogen (secondary N) is 1. The molecule has 0 bridgehead atoms. The van der Waals surface area contributed by atoms with Crippen LogP contribution in [0.5, 0.6) is 0 Å². The molecule has 29 heavy (non-hydrogen) atoms. The number of H-pyrrole nitrogens is 1. The summed E-state index contributed by atoms with van der Waals surface area (Å²) < 4.78 is 0. The van der Waals surface area contributed by atoms with Crippen LogP contribution in [0, 0.1) is 0 Å². The molecule has 2 heterocycles. The third kappa shape index (κ3) is 4.49. The van der Waals surface area contributed by atoms with Crippen molar-refractivity contribution in [1.82, 2.24) is 14.8 Å². The molecule has 2 aromatic carbocycles. The molecule has 3 N–H and O–H groups in total. The van der Waals surface area contributed by atoms with E-state index in [1.54, 1.807) is 4.90 Å². The molecule has 4 rings (SSSR count). The molecule has 150 valence electrons. The van der Waals surface area contributed by atoms with Gasteiger partial charge in [0.2, 0.25) is 11.8 Å². The van der Waals surface area contributed by atoms with Gasteiger partial charge in [-0.05, 0) is 23.6 Å². The molecule has 1 aliphatic rings. The fourth-order valence-corrected chi connectivity index (χ4v) is 4.02. The molecular weight excluding hydrogens is 364 g/mol. The second kappa shape index (κ2) is 8.49. The van der Waals surface area contributed by atoms with Crippen LogP contribution in [-0.4, -0.2) is 46.2 Å². The summed E-state index contributed by atoms with van der Waals surface area (Å²) in [6, 6.07) is 18.2. The minimum Gasteiger partial charge on any atom is -0.370 e. The van der Waals surface area contributed by atoms with E-state index in [9.17, 15) is 9.59 Å². The zero-order valence-electron chi connectivity index (χ0n) is 16.4. The average Bonchev–Trinajstić information content (AvgIpc) is 3.09. The van der Waals surface area contributed by atoms with Gasteiger partial charge >= 0.3 is 0 Å². The Morgan fingerprint density at radius 3 is 2.62 bits per heavy atom. The largest absolute Gasteiger partial charge is 0.370 e. The van der Waals surface area contributed by atoms with Crippen LogP contribution in [-0.2, 0) is 29.1 Å². The molecule has 6 heteroatoms. The lowest BCUT2D eigenvalue weighted by molar-refractivity contribution is -0.133. The summed E-state index contributed by atoms with van der Waals surface area (Å²) in [5.74, 6) is -0.369. The van der Waals surface area contributed by atoms with Crippen LogP contribution in [0.25, 0.3) is 10.9 Å². The SMILES string of the molecule is NC(=O)CCN(Cc1ccccc1)C(=O)CN1CCc2c([nH]c3ccccc23)C1. The standard InChI is InChI=1S/C23H26N4O2/c24-22(28)11-13-27(14-17-6-2-1-3-7-17)23(29)16-26-12-10-19-18-8-4-5-9-20(18)25-21(19)15-26/h1-9,25H,10-16H2,(H2,24,28). The molecule has 1 aliphatic heterocycles. The summed E-state index contributed by atoms with van der Waals surface area (Å²) in [6.07, 6.45) is 1.09. The Morgan fingerprint density at radius 2 is 1.83 bits per heavy atom. The maximum absolute atomic E-state index is 13.0. The van der Waals surface area contributed by atoms with Crippen molar-refractivity contribution in [3.63, 3.8) is 0 Å². The van der Waals surface area contributed by atoms with Gasteiger partial charge in [0.1, 0.15) is 0 Å². The molecule has 2 amide bonds. The minimum absolute atomic E-state index is 0.0228. The Kier molecular flexibility index (Phi) is 5.62. The molecule has 0 radical (unpaired) electrons. The highest BCUT2D eigenvalue weighted by atomic mass is 16.2. The maximum Gasteiger partial charge on any atom is 0.237 e. The maximum atomic E-state index is 13.0. The molecule has 0 aliphatic carbocycles. The van der Waals surface area contributed by atoms with E-state index in [0.29, 0.717) is 19.6 Å². The predicted molar refractivity (Wildman–Crippen MR) is 113 cm³/mol. The number of nitrogens with two attached hydrogens (primary N) is 1. The van der Waals surface area contributed by atoms with Gasteiger partial charge in [0.25, 0.3) is 0 Å². The topological polar surface area (TPSA) is 82.4 Å². The molecule has 3 aromatic rings. The van der Waals surface area contributed by atoms with Crippen molar-refractivity contribution in [2.75, 3.05) is 19.6 Å². The zero-order valence-corrected chi connectivity index (χ0v) is 16.4. The molecule has 0 atom stereocenters. The molecule has 0 spiro atoms. The van der Waals surface area contributed by atoms with E-state index < -0.39 is 5.91 Å². The Morgan fingerprint density at radius 1 is 1.07 bits per heavy atom. The summed E-state index contributed by atoms with van der Waals surface area (Å²) in [7, 11) is 0. The van der Waals surface area contributed by atoms with Gasteiger partial charge in [-0.2, -0.15) is 0 Å². The van der Waals surface area contributed by atoms with Crippen LogP contribution in [0.3, 0.4) is 0 Å². The molecule has 0 fully saturated rings. The van der Waals surface area contributed by atoms with E-state index in [-0.39, 0.29) is 12.3 Å². The lowest BCUT2D eigenvalue weighted by Crippen LogP contribution is -2.42. The first-order chi connectivity index (χ1) is 14.1. The van der Waals surface area contributed by atoms with E-state index in [0.717, 1.165) is 30.6 Å². The summed E-state index contributed by atoms with van der Waals surface area (Å²) in [5, 5.41) is 1.28. The normalized spacial score (nSPS) is 13.9. The quantitative estimate of drug-likeness (QED) is 0.650. The number of hydrogen-bond donors (Lipinski definition) is 2. The number of aromatic nitrogens is 1. The number of rotatable bonds is 7. The summed E-state index contributed by atoms with van der Waals surface area (Å²) in [5.41, 5.74) is 10.1. The molecule has 6 nitrogen and oxygen atoms in total. The fourth-order valence-electron chi connectivity index (χ4n) is 4.02. The number of primary amides is 1. The van der Waals surface area contributed by atoms with Crippen LogP contribution < -0.4 is 5.73 Å². The smallest absolute Gasteiger partial charge is 0.237 e. The van der Waals surface area contributed by atoms with Crippen molar-refractivity contribution in [1.29, 1.82) is 0 Å². The van der Waals surface area contributed by atoms with Crippen molar-refractivity contribution in [3.05, 3.63) is 71.4 Å². The van der Waals surface area contributed by atoms with Crippen molar-refractivity contribution < 1.29 is 9.59 Å². The van der Waals surface area contributed by atoms with E-state index in [1.807, 2.05) is 36.4 Å². The van der Waals surface area contributed by atoms with E-state index >= 15 is 0 Å². The first-order valence-corrected chi connectivity index (χ1v) is 10.0. The first kappa shape index (κ1) is 19.2. The fraction of sp³-hybridized carbons (Fsp3) is 0.304. The Balaban J connectivity index is 1.44. The van der Waals surface area contributed by atoms with Gasteiger partial charge in [-0.15, -0.1) is 0 Å². The second-order valence-electron chi connectivity index (χ2n) is 7.61. The van der Waals surface area contributed by atoms with Gasteiger partial charge in [-0.3, -0.25) is 14.5 Å². The Hall–Kier alpha value is -3.12. The predicted octanol–water partition coefficient (Wildman–Crippen LogP) is 2.43. The number of aromatic amines is 1. The number of amides is 2. The lowest BCUT2D eigenvalue weighted by Gasteiger charge is -2.30. The molecular formula is C23H26N4O2. The molecule has 1 aromatic heterocycles. The summed E-state index contributed by atoms with van der Waals surface area (Å²) in [6.45, 7) is 2.73. The highest BCUT2D eigenvalue weighted by Crippen LogP contribution is 2.27. The summed E-state index contributed by atoms with van der Waals surface area (Å²) in [4.78, 5) is 31.7. The summed E-state index contributed by atoms with van der Waals surface area (Å²) >= 11 is 0. The Labute approximate surface area is 170 Å². The highest BCUT2D eigenvalue weighted by Gasteiger charge is 2.24. The third-order valence-corrected chi connectivity index (χ3v) is 5.52. The number of carbonyl (C=O) groups excluding carboxylic acids is 2. The number of carbonyl (C=O) groups is 2. The van der Waals surface area contributed by atoms with Crippen LogP contribution in [0.4, 0.5) is 0 Å². The van der Waals surface area contributed by atoms with Gasteiger partial charge in [-0.1, -0.05) is 48.5 Å². The highest BCUT2D eigenvalue weighted by molar-refractivity contribution is 5.85. The van der Waals surface area contributed by atoms with Gasteiger partial charge in [0.15, 0.2) is 0 Å². The van der Waals surface area contributed by atoms with Crippen LogP contribution in [0.1, 0.15) is 23.2 Å². The Bertz CT molecular complexity index is 1010. The van der Waals surface area contributed by atoms with Gasteiger partial charge < -0.3 is 15.6 Å². The number of para-hydroxylation sites is 1. The number of nitrogens with zero attached hydrogens (tertiary/aromatic N) is 2. The van der Waals surface area contributed by atoms with Crippen molar-refractivity contribution in [3.8, 4) is 0 Å². The second-order valence-corrected chi connectivity index (χ2v) is 7.61. The third-order valence-electron chi connectivity index (χ3n) is 5.52. The van der Waals surface area contributed by atoms with Crippen LogP contribution in [0.15, 0.2) is 54.6 Å². The van der Waals surface area contributed by atoms with Gasteiger partial charge in [0, 0.05) is 49.2 Å². The van der Waals surface area contributed by atoms with E-state index in [4.69, 9.17) is 5.73 Å². The first-order valence-electron chi connectivity index (χ1n) is 10.0. The monoisotopic (exact) mass is 390 g/mol. The number of hydrogen-bond acceptors (Lipinski definition) is 3. The van der Waals surface area contributed by atoms with Gasteiger partial charge in [0.05, 0.1) is 6.54 Å². The average molecular weight is 390 g/mol. The number of fused-ring (bicyclic) bond motifs is 3. The zero-order chi connectivity index (χ0) is 20.2. The van der Waals surface area contributed by atoms with Crippen LogP contribution >= 0.6 is 0 Å². The van der Waals surface area contributed by atoms with Crippen molar-refractivity contribution in [2.45, 2.75) is 25.9 Å². The van der Waals surface area contributed by atoms with E-state index in [1.165, 1.54) is 16.6 Å². The molecule has 0 unspecified atom stereocenters. The minimum atomic E-state index is -0.392. The lowest BCUT2D eigenvalue weighted by atomic mass is 10.0. The van der Waals surface area contributed by atoms with Gasteiger partial charge in [-0.25, -0.2) is 0 Å². The van der Waals surface area contributed by atoms with Crippen molar-refractivity contribution >= 4 is 22.7 Å². The number of benzene rings is 2. The van der Waals surface area contributed by atoms with Crippen LogP contribution in [0.2, 0.25) is 0 Å². The molecule has 0 saturated heterocycles. The van der Waals surface area contributed by atoms with Crippen molar-refractivity contribution in [2.24, 2.45) is 5.73 Å². The molecule has 0 saturated carbocycles.